The Labute approximate surface area is 430 Å². The highest BCUT2D eigenvalue weighted by Crippen LogP contribution is 2.39. The number of nitriles is 1. The van der Waals surface area contributed by atoms with Gasteiger partial charge in [-0.1, -0.05) is 37.6 Å². The maximum Gasteiger partial charge on any atom is 0.490 e. The molecular formula is C53H61ClF3N9O7. The summed E-state index contributed by atoms with van der Waals surface area (Å²) in [6.45, 7) is 11.6. The Morgan fingerprint density at radius 3 is 2.18 bits per heavy atom. The number of rotatable bonds is 12. The number of imidazole rings is 1. The van der Waals surface area contributed by atoms with Gasteiger partial charge < -0.3 is 29.3 Å². The number of carbonyl (C=O) groups excluding carboxylic acids is 2. The lowest BCUT2D eigenvalue weighted by Crippen LogP contribution is -2.44. The van der Waals surface area contributed by atoms with Gasteiger partial charge in [0.05, 0.1) is 38.5 Å². The number of aryl methyl sites for hydroxylation is 1. The zero-order valence-electron chi connectivity index (χ0n) is 44.0. The molecule has 16 nitrogen and oxygen atoms in total. The van der Waals surface area contributed by atoms with Gasteiger partial charge in [0.25, 0.3) is 0 Å². The zero-order chi connectivity index (χ0) is 54.7. The number of aliphatic carboxylic acids is 1. The molecule has 1 unspecified atom stereocenters. The van der Waals surface area contributed by atoms with Gasteiger partial charge in [-0.05, 0) is 135 Å². The van der Waals surface area contributed by atoms with Crippen molar-refractivity contribution in [1.82, 2.24) is 29.3 Å². The third-order valence-corrected chi connectivity index (χ3v) is 15.4. The van der Waals surface area contributed by atoms with Crippen molar-refractivity contribution in [3.05, 3.63) is 105 Å². The van der Waals surface area contributed by atoms with E-state index in [-0.39, 0.29) is 34.4 Å². The first-order chi connectivity index (χ1) is 36.0. The average Bonchev–Trinajstić information content (AvgIpc) is 3.65. The highest BCUT2D eigenvalue weighted by atomic mass is 35.5. The molecule has 388 valence electrons. The van der Waals surface area contributed by atoms with E-state index < -0.39 is 36.5 Å². The van der Waals surface area contributed by atoms with Gasteiger partial charge in [0, 0.05) is 63.5 Å². The molecular weight excluding hydrogens is 967 g/mol. The molecule has 0 spiro atoms. The molecule has 0 saturated carbocycles. The summed E-state index contributed by atoms with van der Waals surface area (Å²) in [6, 6.07) is 20.3. The van der Waals surface area contributed by atoms with Crippen LogP contribution in [0.5, 0.6) is 11.5 Å². The molecule has 20 heteroatoms. The van der Waals surface area contributed by atoms with E-state index in [1.165, 1.54) is 12.8 Å². The Morgan fingerprint density at radius 2 is 1.55 bits per heavy atom. The minimum absolute atomic E-state index is 0.0572. The van der Waals surface area contributed by atoms with E-state index in [4.69, 9.17) is 40.1 Å². The normalized spacial score (nSPS) is 19.5. The van der Waals surface area contributed by atoms with Crippen molar-refractivity contribution in [1.29, 1.82) is 5.26 Å². The fraction of sp³-hybridized carbons (Fsp3) is 0.491. The highest BCUT2D eigenvalue weighted by Gasteiger charge is 2.38. The second-order valence-electron chi connectivity index (χ2n) is 19.9. The average molecular weight is 1030 g/mol. The first kappa shape index (κ1) is 48.6. The van der Waals surface area contributed by atoms with Crippen LogP contribution in [0.4, 0.5) is 24.8 Å². The Morgan fingerprint density at radius 1 is 0.890 bits per heavy atom. The molecule has 4 saturated heterocycles. The molecule has 0 aliphatic carbocycles. The summed E-state index contributed by atoms with van der Waals surface area (Å²) < 4.78 is 68.4. The Hall–Kier alpha value is -6.65. The van der Waals surface area contributed by atoms with Crippen molar-refractivity contribution >= 4 is 52.1 Å². The van der Waals surface area contributed by atoms with Crippen LogP contribution in [0, 0.1) is 29.1 Å². The van der Waals surface area contributed by atoms with E-state index >= 15 is 0 Å². The number of ether oxygens (including phenoxy) is 2. The molecule has 0 bridgehead atoms. The van der Waals surface area contributed by atoms with Gasteiger partial charge in [0.2, 0.25) is 17.8 Å². The second-order valence-corrected chi connectivity index (χ2v) is 20.3. The molecule has 1 atom stereocenters. The molecule has 6 heterocycles. The number of nitrogens with zero attached hydrogens (tertiary/aromatic N) is 8. The lowest BCUT2D eigenvalue weighted by atomic mass is 9.77. The third-order valence-electron chi connectivity index (χ3n) is 15.1. The Kier molecular flexibility index (Phi) is 14.8. The van der Waals surface area contributed by atoms with Gasteiger partial charge in [-0.15, -0.1) is 0 Å². The van der Waals surface area contributed by atoms with Crippen LogP contribution in [0.2, 0.25) is 5.02 Å². The van der Waals surface area contributed by atoms with Crippen molar-refractivity contribution in [3.63, 3.8) is 0 Å². The summed E-state index contributed by atoms with van der Waals surface area (Å²) in [4.78, 5) is 63.5. The summed E-state index contributed by atoms with van der Waals surface area (Å²) >= 11 is 6.43. The molecule has 73 heavy (non-hydrogen) atoms. The molecule has 4 fully saturated rings. The molecule has 4 aliphatic heterocycles. The van der Waals surface area contributed by atoms with Crippen LogP contribution < -0.4 is 30.3 Å². The predicted octanol–water partition coefficient (Wildman–Crippen LogP) is 8.02. The standard InChI is InChI=1S/C51H60ClN9O5.C2HF3O2/c1-51(2,38-27-36(30-53)47(65-4)42(52)28-38)37-5-8-41(9-6-37)66-32-39-13-20-54-49(55-39)60-23-14-33(15-24-60)31-58-21-16-34(17-22-58)35-18-25-59(26-19-35)40-7-10-43-45(29-40)57(3)50(64)61(43)44-11-12-46(62)56-48(44)63;3-2(4,5)1(6)7/h5-10,13,20,27-29,33-35,44H,11-12,14-19,21-26,31-32H2,1-4H3,(H,56,62,63);(H,6,7)/i4D3;. The molecule has 2 amide bonds. The number of hydrogen-bond acceptors (Lipinski definition) is 12. The van der Waals surface area contributed by atoms with Crippen molar-refractivity contribution in [2.75, 3.05) is 62.7 Å². The molecule has 2 N–H and O–H groups in total. The highest BCUT2D eigenvalue weighted by molar-refractivity contribution is 6.32. The number of carboxylic acids is 1. The number of amides is 2. The number of fused-ring (bicyclic) bond motifs is 1. The number of alkyl halides is 3. The Bertz CT molecular complexity index is 3030. The van der Waals surface area contributed by atoms with E-state index in [0.717, 1.165) is 123 Å². The van der Waals surface area contributed by atoms with Crippen LogP contribution in [0.1, 0.15) is 97.8 Å². The lowest BCUT2D eigenvalue weighted by Gasteiger charge is -2.42. The number of nitrogens with one attached hydrogen (secondary N) is 1. The number of halogens is 4. The lowest BCUT2D eigenvalue weighted by molar-refractivity contribution is -0.192. The van der Waals surface area contributed by atoms with E-state index in [1.54, 1.807) is 34.5 Å². The number of carboxylic acid groups (broad SMARTS) is 1. The molecule has 5 aromatic rings. The number of aromatic nitrogens is 4. The number of piperidine rings is 4. The van der Waals surface area contributed by atoms with Gasteiger partial charge in [-0.3, -0.25) is 24.0 Å². The maximum atomic E-state index is 13.3. The summed E-state index contributed by atoms with van der Waals surface area (Å²) in [5.74, 6) is -0.0722. The summed E-state index contributed by atoms with van der Waals surface area (Å²) in [6.07, 6.45) is 4.30. The van der Waals surface area contributed by atoms with Crippen molar-refractivity contribution in [3.8, 4) is 17.6 Å². The van der Waals surface area contributed by atoms with Gasteiger partial charge in [0.15, 0.2) is 5.75 Å². The number of likely N-dealkylation sites (tertiary alicyclic amines) is 1. The van der Waals surface area contributed by atoms with Crippen molar-refractivity contribution in [2.45, 2.75) is 89.5 Å². The van der Waals surface area contributed by atoms with Crippen LogP contribution >= 0.6 is 11.6 Å². The number of imide groups is 1. The van der Waals surface area contributed by atoms with E-state index in [9.17, 15) is 32.8 Å². The quantitative estimate of drug-likeness (QED) is 0.115. The monoisotopic (exact) mass is 1030 g/mol. The van der Waals surface area contributed by atoms with Crippen molar-refractivity contribution in [2.24, 2.45) is 24.8 Å². The fourth-order valence-corrected chi connectivity index (χ4v) is 11.0. The van der Waals surface area contributed by atoms with Gasteiger partial charge >= 0.3 is 17.8 Å². The molecule has 0 radical (unpaired) electrons. The summed E-state index contributed by atoms with van der Waals surface area (Å²) in [5.41, 5.74) is 4.37. The number of hydrogen-bond donors (Lipinski definition) is 2. The number of methoxy groups -OCH3 is 1. The van der Waals surface area contributed by atoms with Crippen LogP contribution in [0.3, 0.4) is 0 Å². The van der Waals surface area contributed by atoms with Crippen LogP contribution in [-0.2, 0) is 33.5 Å². The van der Waals surface area contributed by atoms with E-state index in [1.807, 2.05) is 56.3 Å². The van der Waals surface area contributed by atoms with Gasteiger partial charge in [-0.25, -0.2) is 19.6 Å². The molecule has 2 aromatic heterocycles. The van der Waals surface area contributed by atoms with Gasteiger partial charge in [-0.2, -0.15) is 18.4 Å². The molecule has 4 aliphatic rings. The number of carbonyl (C=O) groups is 3. The van der Waals surface area contributed by atoms with E-state index in [0.29, 0.717) is 24.7 Å². The van der Waals surface area contributed by atoms with Gasteiger partial charge in [0.1, 0.15) is 24.5 Å². The zero-order valence-corrected chi connectivity index (χ0v) is 41.7. The second kappa shape index (κ2) is 22.2. The largest absolute Gasteiger partial charge is 0.494 e. The smallest absolute Gasteiger partial charge is 0.490 e. The fourth-order valence-electron chi connectivity index (χ4n) is 10.7. The topological polar surface area (TPSA) is 188 Å². The van der Waals surface area contributed by atoms with Crippen LogP contribution in [-0.4, -0.2) is 106 Å². The van der Waals surface area contributed by atoms with Crippen LogP contribution in [0.25, 0.3) is 11.0 Å². The maximum absolute atomic E-state index is 13.3. The molecule has 3 aromatic carbocycles. The summed E-state index contributed by atoms with van der Waals surface area (Å²) in [7, 11) is -0.982. The van der Waals surface area contributed by atoms with Crippen molar-refractivity contribution < 1.29 is 46.2 Å². The van der Waals surface area contributed by atoms with Crippen LogP contribution in [0.15, 0.2) is 71.7 Å². The number of anilines is 2. The first-order valence-corrected chi connectivity index (χ1v) is 24.9. The first-order valence-electron chi connectivity index (χ1n) is 26.0. The SMILES string of the molecule is O=C(O)C(F)(F)F.[2H]C([2H])([2H])Oc1c(Cl)cc(C(C)(C)c2ccc(OCc3ccnc(N4CCC(CN5CCC(C6CCN(c7ccc8c(c7)n(C)c(=O)n8C7CCC(=O)NC7=O)CC6)CC5)CC4)n3)cc2)cc1C#N. The minimum atomic E-state index is -5.08. The van der Waals surface area contributed by atoms with E-state index in [2.05, 4.69) is 37.1 Å². The predicted molar refractivity (Wildman–Crippen MR) is 269 cm³/mol. The minimum Gasteiger partial charge on any atom is -0.494 e. The summed E-state index contributed by atoms with van der Waals surface area (Å²) in [5, 5.41) is 19.3. The third kappa shape index (κ3) is 11.9. The number of benzene rings is 3. The molecule has 9 rings (SSSR count). The Balaban J connectivity index is 0.00000102.